The van der Waals surface area contributed by atoms with Crippen LogP contribution in [0.5, 0.6) is 11.5 Å². The molecule has 1 N–H and O–H groups in total. The average molecular weight is 463 g/mol. The number of rotatable bonds is 9. The van der Waals surface area contributed by atoms with Crippen molar-refractivity contribution in [3.63, 3.8) is 0 Å². The molecule has 0 fully saturated rings. The minimum atomic E-state index is -3.75. The van der Waals surface area contributed by atoms with Gasteiger partial charge in [0.2, 0.25) is 15.9 Å². The van der Waals surface area contributed by atoms with E-state index in [0.29, 0.717) is 11.4 Å². The van der Waals surface area contributed by atoms with E-state index in [-0.39, 0.29) is 18.6 Å². The Hall–Kier alpha value is -2.74. The van der Waals surface area contributed by atoms with Gasteiger partial charge in [0, 0.05) is 0 Å². The zero-order valence-corrected chi connectivity index (χ0v) is 20.7. The van der Waals surface area contributed by atoms with Gasteiger partial charge in [-0.05, 0) is 48.6 Å². The van der Waals surface area contributed by atoms with E-state index in [2.05, 4.69) is 26.1 Å². The van der Waals surface area contributed by atoms with Crippen molar-refractivity contribution in [1.29, 1.82) is 0 Å². The Morgan fingerprint density at radius 3 is 2.38 bits per heavy atom. The third-order valence-corrected chi connectivity index (χ3v) is 6.24. The van der Waals surface area contributed by atoms with Crippen LogP contribution in [0.3, 0.4) is 0 Å². The summed E-state index contributed by atoms with van der Waals surface area (Å²) in [6.45, 7) is 10.2. The molecule has 0 heterocycles. The largest absolute Gasteiger partial charge is 0.495 e. The van der Waals surface area contributed by atoms with Crippen molar-refractivity contribution in [3.8, 4) is 11.5 Å². The second kappa shape index (κ2) is 10.3. The molecule has 0 aromatic heterocycles. The molecule has 7 nitrogen and oxygen atoms in total. The fourth-order valence-electron chi connectivity index (χ4n) is 3.45. The zero-order valence-electron chi connectivity index (χ0n) is 19.9. The van der Waals surface area contributed by atoms with Crippen LogP contribution in [0.25, 0.3) is 0 Å². The van der Waals surface area contributed by atoms with Crippen molar-refractivity contribution < 1.29 is 22.7 Å². The van der Waals surface area contributed by atoms with Crippen LogP contribution in [0.4, 0.5) is 5.69 Å². The SMILES string of the molecule is COc1ccc(C)cc1N([C@H](C)C(=O)NCCOc1ccccc1C(C)(C)C)S(C)(=O)=O. The maximum absolute atomic E-state index is 12.8. The molecule has 0 aliphatic carbocycles. The lowest BCUT2D eigenvalue weighted by Gasteiger charge is -2.29. The molecule has 32 heavy (non-hydrogen) atoms. The van der Waals surface area contributed by atoms with Gasteiger partial charge in [-0.25, -0.2) is 8.42 Å². The van der Waals surface area contributed by atoms with Gasteiger partial charge in [-0.15, -0.1) is 0 Å². The molecule has 0 saturated carbocycles. The van der Waals surface area contributed by atoms with Gasteiger partial charge in [-0.1, -0.05) is 45.0 Å². The molecule has 176 valence electrons. The van der Waals surface area contributed by atoms with Gasteiger partial charge in [0.25, 0.3) is 0 Å². The summed E-state index contributed by atoms with van der Waals surface area (Å²) in [5.74, 6) is 0.721. The molecule has 0 saturated heterocycles. The first-order valence-electron chi connectivity index (χ1n) is 10.5. The summed E-state index contributed by atoms with van der Waals surface area (Å²) in [6, 6.07) is 12.0. The van der Waals surface area contributed by atoms with Crippen molar-refractivity contribution in [2.75, 3.05) is 30.8 Å². The molecule has 0 spiro atoms. The summed E-state index contributed by atoms with van der Waals surface area (Å²) in [6.07, 6.45) is 1.07. The molecule has 0 radical (unpaired) electrons. The molecule has 0 aliphatic heterocycles. The monoisotopic (exact) mass is 462 g/mol. The number of para-hydroxylation sites is 1. The summed E-state index contributed by atoms with van der Waals surface area (Å²) in [4.78, 5) is 12.8. The summed E-state index contributed by atoms with van der Waals surface area (Å²) < 4.78 is 37.5. The number of amides is 1. The smallest absolute Gasteiger partial charge is 0.243 e. The molecule has 2 aromatic rings. The number of benzene rings is 2. The lowest BCUT2D eigenvalue weighted by molar-refractivity contribution is -0.121. The van der Waals surface area contributed by atoms with Crippen LogP contribution >= 0.6 is 0 Å². The molecule has 1 atom stereocenters. The standard InChI is InChI=1S/C24H34N2O5S/c1-17-12-13-22(30-6)20(16-17)26(32(7,28)29)18(2)23(27)25-14-15-31-21-11-9-8-10-19(21)24(3,4)5/h8-13,16,18H,14-15H2,1-7H3,(H,25,27)/t18-/m1/s1. The van der Waals surface area contributed by atoms with Gasteiger partial charge in [0.1, 0.15) is 24.1 Å². The van der Waals surface area contributed by atoms with Crippen molar-refractivity contribution in [2.24, 2.45) is 0 Å². The summed E-state index contributed by atoms with van der Waals surface area (Å²) in [5, 5.41) is 2.77. The summed E-state index contributed by atoms with van der Waals surface area (Å²) >= 11 is 0. The Morgan fingerprint density at radius 1 is 1.12 bits per heavy atom. The predicted octanol–water partition coefficient (Wildman–Crippen LogP) is 3.65. The van der Waals surface area contributed by atoms with E-state index in [9.17, 15) is 13.2 Å². The highest BCUT2D eigenvalue weighted by molar-refractivity contribution is 7.92. The number of methoxy groups -OCH3 is 1. The van der Waals surface area contributed by atoms with Gasteiger partial charge >= 0.3 is 0 Å². The second-order valence-corrected chi connectivity index (χ2v) is 10.7. The van der Waals surface area contributed by atoms with Crippen LogP contribution in [0.2, 0.25) is 0 Å². The van der Waals surface area contributed by atoms with E-state index in [1.165, 1.54) is 7.11 Å². The average Bonchev–Trinajstić information content (AvgIpc) is 2.70. The third-order valence-electron chi connectivity index (χ3n) is 5.01. The molecule has 1 amide bonds. The van der Waals surface area contributed by atoms with E-state index < -0.39 is 22.0 Å². The van der Waals surface area contributed by atoms with E-state index in [0.717, 1.165) is 27.4 Å². The summed E-state index contributed by atoms with van der Waals surface area (Å²) in [7, 11) is -2.28. The number of anilines is 1. The van der Waals surface area contributed by atoms with Gasteiger partial charge in [-0.3, -0.25) is 9.10 Å². The fourth-order valence-corrected chi connectivity index (χ4v) is 4.62. The quantitative estimate of drug-likeness (QED) is 0.575. The van der Waals surface area contributed by atoms with Gasteiger partial charge in [-0.2, -0.15) is 0 Å². The van der Waals surface area contributed by atoms with Gasteiger partial charge in [0.05, 0.1) is 25.6 Å². The van der Waals surface area contributed by atoms with Gasteiger partial charge in [0.15, 0.2) is 0 Å². The van der Waals surface area contributed by atoms with Crippen molar-refractivity contribution >= 4 is 21.6 Å². The highest BCUT2D eigenvalue weighted by Gasteiger charge is 2.31. The molecular formula is C24H34N2O5S. The van der Waals surface area contributed by atoms with Crippen LogP contribution in [-0.4, -0.2) is 46.9 Å². The molecule has 0 unspecified atom stereocenters. The Morgan fingerprint density at radius 2 is 1.78 bits per heavy atom. The lowest BCUT2D eigenvalue weighted by Crippen LogP contribution is -2.48. The fraction of sp³-hybridized carbons (Fsp3) is 0.458. The highest BCUT2D eigenvalue weighted by atomic mass is 32.2. The normalized spacial score (nSPS) is 12.7. The molecule has 0 bridgehead atoms. The first kappa shape index (κ1) is 25.5. The van der Waals surface area contributed by atoms with Gasteiger partial charge < -0.3 is 14.8 Å². The van der Waals surface area contributed by atoms with E-state index in [1.807, 2.05) is 37.3 Å². The van der Waals surface area contributed by atoms with Crippen LogP contribution in [0, 0.1) is 6.92 Å². The third kappa shape index (κ3) is 6.38. The second-order valence-electron chi connectivity index (χ2n) is 8.80. The number of nitrogens with zero attached hydrogens (tertiary/aromatic N) is 1. The Bertz CT molecular complexity index is 1040. The Balaban J connectivity index is 2.10. The van der Waals surface area contributed by atoms with E-state index in [1.54, 1.807) is 19.1 Å². The maximum atomic E-state index is 12.8. The number of hydrogen-bond donors (Lipinski definition) is 1. The van der Waals surface area contributed by atoms with Crippen molar-refractivity contribution in [1.82, 2.24) is 5.32 Å². The number of hydrogen-bond acceptors (Lipinski definition) is 5. The Kier molecular flexibility index (Phi) is 8.18. The Labute approximate surface area is 191 Å². The number of sulfonamides is 1. The topological polar surface area (TPSA) is 84.9 Å². The van der Waals surface area contributed by atoms with Crippen molar-refractivity contribution in [2.45, 2.75) is 46.1 Å². The minimum Gasteiger partial charge on any atom is -0.495 e. The molecular weight excluding hydrogens is 428 g/mol. The number of nitrogens with one attached hydrogen (secondary N) is 1. The predicted molar refractivity (Wildman–Crippen MR) is 128 cm³/mol. The van der Waals surface area contributed by atoms with Crippen LogP contribution in [0.15, 0.2) is 42.5 Å². The van der Waals surface area contributed by atoms with E-state index >= 15 is 0 Å². The number of ether oxygens (including phenoxy) is 2. The molecule has 2 aromatic carbocycles. The molecule has 8 heteroatoms. The number of carbonyl (C=O) groups is 1. The maximum Gasteiger partial charge on any atom is 0.243 e. The van der Waals surface area contributed by atoms with Crippen LogP contribution < -0.4 is 19.1 Å². The first-order chi connectivity index (χ1) is 14.9. The van der Waals surface area contributed by atoms with Crippen molar-refractivity contribution in [3.05, 3.63) is 53.6 Å². The highest BCUT2D eigenvalue weighted by Crippen LogP contribution is 2.33. The zero-order chi connectivity index (χ0) is 24.1. The number of aryl methyl sites for hydroxylation is 1. The first-order valence-corrected chi connectivity index (χ1v) is 12.3. The molecule has 2 rings (SSSR count). The molecule has 0 aliphatic rings. The van der Waals surface area contributed by atoms with Crippen LogP contribution in [-0.2, 0) is 20.2 Å². The van der Waals surface area contributed by atoms with Crippen LogP contribution in [0.1, 0.15) is 38.8 Å². The number of carbonyl (C=O) groups excluding carboxylic acids is 1. The van der Waals surface area contributed by atoms with E-state index in [4.69, 9.17) is 9.47 Å². The summed E-state index contributed by atoms with van der Waals surface area (Å²) in [5.41, 5.74) is 2.19. The minimum absolute atomic E-state index is 0.0722. The lowest BCUT2D eigenvalue weighted by atomic mass is 9.86.